The maximum atomic E-state index is 14.7. The summed E-state index contributed by atoms with van der Waals surface area (Å²) in [6.07, 6.45) is 1.30. The normalized spacial score (nSPS) is 14.9. The second kappa shape index (κ2) is 9.72. The van der Waals surface area contributed by atoms with Gasteiger partial charge in [0, 0.05) is 23.9 Å². The second-order valence-electron chi connectivity index (χ2n) is 8.51. The molecule has 0 radical (unpaired) electrons. The molecule has 0 atom stereocenters. The van der Waals surface area contributed by atoms with Crippen LogP contribution in [-0.2, 0) is 19.3 Å². The van der Waals surface area contributed by atoms with Gasteiger partial charge in [0.2, 0.25) is 5.89 Å². The summed E-state index contributed by atoms with van der Waals surface area (Å²) in [5.74, 6) is -3.17. The number of hydrogen-bond acceptors (Lipinski definition) is 7. The highest BCUT2D eigenvalue weighted by Crippen LogP contribution is 2.30. The third-order valence-corrected chi connectivity index (χ3v) is 5.87. The molecule has 13 heteroatoms. The van der Waals surface area contributed by atoms with Gasteiger partial charge < -0.3 is 4.42 Å². The monoisotopic (exact) mass is 505 g/mol. The number of pyridine rings is 1. The van der Waals surface area contributed by atoms with Gasteiger partial charge in [0.25, 0.3) is 0 Å². The molecule has 4 aromatic rings. The fourth-order valence-corrected chi connectivity index (χ4v) is 4.01. The zero-order chi connectivity index (χ0) is 25.3. The summed E-state index contributed by atoms with van der Waals surface area (Å²) in [6, 6.07) is 5.86. The molecule has 0 spiro atoms. The SMILES string of the molecule is Fc1cc(-c2cn(Cc3ncc(-c4nnc(C(F)(F)F)o4)cc3F)nn2)ccc1CN1CCCCC1. The summed E-state index contributed by atoms with van der Waals surface area (Å²) in [6.45, 7) is 2.38. The van der Waals surface area contributed by atoms with Crippen LogP contribution in [0, 0.1) is 11.6 Å². The minimum atomic E-state index is -4.81. The molecular weight excluding hydrogens is 485 g/mol. The Morgan fingerprint density at radius 3 is 2.36 bits per heavy atom. The number of aromatic nitrogens is 6. The molecule has 5 rings (SSSR count). The largest absolute Gasteiger partial charge is 0.470 e. The number of hydrogen-bond donors (Lipinski definition) is 0. The van der Waals surface area contributed by atoms with E-state index in [1.54, 1.807) is 12.1 Å². The maximum Gasteiger partial charge on any atom is 0.470 e. The Morgan fingerprint density at radius 2 is 1.67 bits per heavy atom. The standard InChI is InChI=1S/C23H20F5N7O/c24-17-8-14(4-5-15(17)11-34-6-2-1-3-7-34)19-12-35(33-30-19)13-20-18(25)9-16(10-29-20)21-31-32-22(36-21)23(26,27)28/h4-5,8-10,12H,1-3,6-7,11,13H2. The van der Waals surface area contributed by atoms with Crippen molar-refractivity contribution in [1.29, 1.82) is 0 Å². The molecular formula is C23H20F5N7O. The minimum Gasteiger partial charge on any atom is -0.413 e. The van der Waals surface area contributed by atoms with E-state index in [9.17, 15) is 22.0 Å². The van der Waals surface area contributed by atoms with Crippen molar-refractivity contribution in [3.63, 3.8) is 0 Å². The molecule has 188 valence electrons. The minimum absolute atomic E-state index is 0.0335. The molecule has 0 aliphatic carbocycles. The highest BCUT2D eigenvalue weighted by molar-refractivity contribution is 5.58. The quantitative estimate of drug-likeness (QED) is 0.351. The van der Waals surface area contributed by atoms with E-state index in [0.717, 1.165) is 38.2 Å². The van der Waals surface area contributed by atoms with E-state index in [2.05, 4.69) is 34.8 Å². The van der Waals surface area contributed by atoms with Gasteiger partial charge in [0.15, 0.2) is 0 Å². The van der Waals surface area contributed by atoms with Crippen molar-refractivity contribution in [3.05, 3.63) is 65.4 Å². The topological polar surface area (TPSA) is 85.8 Å². The van der Waals surface area contributed by atoms with Crippen molar-refractivity contribution in [2.45, 2.75) is 38.5 Å². The summed E-state index contributed by atoms with van der Waals surface area (Å²) in [5, 5.41) is 14.2. The van der Waals surface area contributed by atoms with Gasteiger partial charge in [-0.15, -0.1) is 15.3 Å². The highest BCUT2D eigenvalue weighted by atomic mass is 19.4. The van der Waals surface area contributed by atoms with Crippen LogP contribution in [0.4, 0.5) is 22.0 Å². The van der Waals surface area contributed by atoms with Crippen LogP contribution in [0.3, 0.4) is 0 Å². The van der Waals surface area contributed by atoms with Crippen molar-refractivity contribution >= 4 is 0 Å². The summed E-state index contributed by atoms with van der Waals surface area (Å²) in [4.78, 5) is 6.18. The van der Waals surface area contributed by atoms with Gasteiger partial charge in [-0.1, -0.05) is 23.8 Å². The Kier molecular flexibility index (Phi) is 6.48. The summed E-state index contributed by atoms with van der Waals surface area (Å²) >= 11 is 0. The van der Waals surface area contributed by atoms with Crippen molar-refractivity contribution in [2.24, 2.45) is 0 Å². The zero-order valence-electron chi connectivity index (χ0n) is 18.8. The smallest absolute Gasteiger partial charge is 0.413 e. The number of piperidine rings is 1. The Balaban J connectivity index is 1.28. The van der Waals surface area contributed by atoms with Gasteiger partial charge in [-0.3, -0.25) is 9.88 Å². The van der Waals surface area contributed by atoms with Crippen LogP contribution in [0.25, 0.3) is 22.7 Å². The molecule has 0 N–H and O–H groups in total. The molecule has 1 fully saturated rings. The summed E-state index contributed by atoms with van der Waals surface area (Å²) in [7, 11) is 0. The second-order valence-corrected chi connectivity index (χ2v) is 8.51. The number of alkyl halides is 3. The van der Waals surface area contributed by atoms with E-state index < -0.39 is 23.8 Å². The van der Waals surface area contributed by atoms with Crippen LogP contribution in [0.1, 0.15) is 36.4 Å². The lowest BCUT2D eigenvalue weighted by molar-refractivity contribution is -0.156. The summed E-state index contributed by atoms with van der Waals surface area (Å²) < 4.78 is 73.1. The van der Waals surface area contributed by atoms with Gasteiger partial charge in [-0.2, -0.15) is 13.2 Å². The van der Waals surface area contributed by atoms with Gasteiger partial charge in [-0.25, -0.2) is 13.5 Å². The van der Waals surface area contributed by atoms with E-state index in [1.807, 2.05) is 0 Å². The third kappa shape index (κ3) is 5.25. The first kappa shape index (κ1) is 24.0. The van der Waals surface area contributed by atoms with Crippen LogP contribution in [0.2, 0.25) is 0 Å². The lowest BCUT2D eigenvalue weighted by atomic mass is 10.1. The number of nitrogens with zero attached hydrogens (tertiary/aromatic N) is 7. The summed E-state index contributed by atoms with van der Waals surface area (Å²) in [5.41, 5.74) is 1.42. The molecule has 0 amide bonds. The average Bonchev–Trinajstić information content (AvgIpc) is 3.53. The fraction of sp³-hybridized carbons (Fsp3) is 0.348. The van der Waals surface area contributed by atoms with E-state index in [4.69, 9.17) is 0 Å². The number of rotatable bonds is 6. The molecule has 0 bridgehead atoms. The Bertz CT molecular complexity index is 1360. The van der Waals surface area contributed by atoms with Crippen LogP contribution >= 0.6 is 0 Å². The number of benzene rings is 1. The average molecular weight is 505 g/mol. The van der Waals surface area contributed by atoms with E-state index in [-0.39, 0.29) is 23.6 Å². The maximum absolute atomic E-state index is 14.7. The molecule has 4 heterocycles. The third-order valence-electron chi connectivity index (χ3n) is 5.87. The number of likely N-dealkylation sites (tertiary alicyclic amines) is 1. The molecule has 0 unspecified atom stereocenters. The molecule has 1 aromatic carbocycles. The van der Waals surface area contributed by atoms with E-state index in [1.165, 1.54) is 23.4 Å². The van der Waals surface area contributed by atoms with Crippen molar-refractivity contribution < 1.29 is 26.4 Å². The van der Waals surface area contributed by atoms with Gasteiger partial charge in [0.05, 0.1) is 24.0 Å². The Hall–Kier alpha value is -3.74. The van der Waals surface area contributed by atoms with Crippen molar-refractivity contribution in [1.82, 2.24) is 35.1 Å². The molecule has 1 saturated heterocycles. The number of halogens is 5. The Labute approximate surface area is 201 Å². The zero-order valence-corrected chi connectivity index (χ0v) is 18.8. The van der Waals surface area contributed by atoms with Crippen LogP contribution in [0.15, 0.2) is 41.1 Å². The fourth-order valence-electron chi connectivity index (χ4n) is 4.01. The molecule has 3 aromatic heterocycles. The molecule has 36 heavy (non-hydrogen) atoms. The predicted octanol–water partition coefficient (Wildman–Crippen LogP) is 4.72. The molecule has 0 saturated carbocycles. The first-order chi connectivity index (χ1) is 17.3. The van der Waals surface area contributed by atoms with Gasteiger partial charge >= 0.3 is 12.1 Å². The lowest BCUT2D eigenvalue weighted by Gasteiger charge is -2.26. The first-order valence-corrected chi connectivity index (χ1v) is 11.2. The Morgan fingerprint density at radius 1 is 0.889 bits per heavy atom. The predicted molar refractivity (Wildman–Crippen MR) is 116 cm³/mol. The first-order valence-electron chi connectivity index (χ1n) is 11.2. The van der Waals surface area contributed by atoms with Crippen molar-refractivity contribution in [3.8, 4) is 22.7 Å². The molecule has 8 nitrogen and oxygen atoms in total. The van der Waals surface area contributed by atoms with E-state index >= 15 is 0 Å². The van der Waals surface area contributed by atoms with Crippen LogP contribution in [0.5, 0.6) is 0 Å². The van der Waals surface area contributed by atoms with Crippen LogP contribution < -0.4 is 0 Å². The highest BCUT2D eigenvalue weighted by Gasteiger charge is 2.38. The van der Waals surface area contributed by atoms with Crippen molar-refractivity contribution in [2.75, 3.05) is 13.1 Å². The van der Waals surface area contributed by atoms with Gasteiger partial charge in [0.1, 0.15) is 17.3 Å². The lowest BCUT2D eigenvalue weighted by Crippen LogP contribution is -2.29. The molecule has 1 aliphatic heterocycles. The molecule has 1 aliphatic rings. The van der Waals surface area contributed by atoms with Gasteiger partial charge in [-0.05, 0) is 38.1 Å². The van der Waals surface area contributed by atoms with Crippen LogP contribution in [-0.4, -0.2) is 48.2 Å². The van der Waals surface area contributed by atoms with E-state index in [0.29, 0.717) is 23.4 Å².